The molecule has 106 valence electrons. The molecule has 0 aromatic rings. The third-order valence-corrected chi connectivity index (χ3v) is 5.18. The number of aliphatic hydroxyl groups excluding tert-OH is 1. The Labute approximate surface area is 116 Å². The lowest BCUT2D eigenvalue weighted by atomic mass is 9.99. The first kappa shape index (κ1) is 14.6. The second kappa shape index (κ2) is 7.73. The first-order chi connectivity index (χ1) is 8.74. The summed E-state index contributed by atoms with van der Waals surface area (Å²) in [5.41, 5.74) is 0. The second-order valence-corrected chi connectivity index (χ2v) is 7.13. The van der Waals surface area contributed by atoms with E-state index in [0.717, 1.165) is 25.6 Å². The third-order valence-electron chi connectivity index (χ3n) is 4.13. The van der Waals surface area contributed by atoms with E-state index in [-0.39, 0.29) is 6.10 Å². The van der Waals surface area contributed by atoms with Crippen LogP contribution in [0.2, 0.25) is 0 Å². The lowest BCUT2D eigenvalue weighted by Gasteiger charge is -2.33. The van der Waals surface area contributed by atoms with Crippen molar-refractivity contribution in [1.29, 1.82) is 0 Å². The van der Waals surface area contributed by atoms with Crippen LogP contribution >= 0.6 is 11.8 Å². The minimum atomic E-state index is -0.165. The van der Waals surface area contributed by atoms with Crippen molar-refractivity contribution in [2.45, 2.75) is 32.3 Å². The summed E-state index contributed by atoms with van der Waals surface area (Å²) in [4.78, 5) is 4.88. The van der Waals surface area contributed by atoms with Gasteiger partial charge in [0.15, 0.2) is 0 Å². The lowest BCUT2D eigenvalue weighted by Crippen LogP contribution is -2.43. The molecule has 0 radical (unpaired) electrons. The molecule has 1 unspecified atom stereocenters. The van der Waals surface area contributed by atoms with Gasteiger partial charge in [0.25, 0.3) is 0 Å². The Morgan fingerprint density at radius 3 is 2.44 bits per heavy atom. The number of rotatable bonds is 4. The summed E-state index contributed by atoms with van der Waals surface area (Å²) in [5, 5.41) is 10.2. The highest BCUT2D eigenvalue weighted by atomic mass is 32.2. The summed E-state index contributed by atoms with van der Waals surface area (Å²) in [6.07, 6.45) is 3.71. The highest BCUT2D eigenvalue weighted by Gasteiger charge is 2.20. The zero-order valence-corrected chi connectivity index (χ0v) is 12.5. The van der Waals surface area contributed by atoms with E-state index in [2.05, 4.69) is 16.7 Å². The van der Waals surface area contributed by atoms with Crippen LogP contribution in [-0.2, 0) is 0 Å². The molecule has 2 aliphatic rings. The van der Waals surface area contributed by atoms with Gasteiger partial charge in [0.2, 0.25) is 0 Å². The van der Waals surface area contributed by atoms with Gasteiger partial charge in [-0.05, 0) is 50.6 Å². The van der Waals surface area contributed by atoms with Crippen molar-refractivity contribution in [1.82, 2.24) is 9.80 Å². The molecule has 2 fully saturated rings. The molecule has 1 atom stereocenters. The molecule has 18 heavy (non-hydrogen) atoms. The van der Waals surface area contributed by atoms with E-state index in [0.29, 0.717) is 0 Å². The van der Waals surface area contributed by atoms with Gasteiger partial charge in [-0.3, -0.25) is 4.90 Å². The Morgan fingerprint density at radius 1 is 1.06 bits per heavy atom. The van der Waals surface area contributed by atoms with Crippen molar-refractivity contribution < 1.29 is 5.11 Å². The highest BCUT2D eigenvalue weighted by Crippen LogP contribution is 2.16. The van der Waals surface area contributed by atoms with Gasteiger partial charge in [0, 0.05) is 25.4 Å². The number of aliphatic hydroxyl groups is 1. The van der Waals surface area contributed by atoms with Gasteiger partial charge in [0.05, 0.1) is 6.10 Å². The molecule has 0 aliphatic carbocycles. The first-order valence-corrected chi connectivity index (χ1v) is 8.60. The standard InChI is InChI=1S/C14H28N2OS/c1-13-3-6-16(7-4-13)12-14(17)11-15-5-2-9-18-10-8-15/h13-14,17H,2-12H2,1H3. The number of β-amino-alcohol motifs (C(OH)–C–C–N with tert-alkyl or cyclic N) is 1. The molecular weight excluding hydrogens is 244 g/mol. The smallest absolute Gasteiger partial charge is 0.0793 e. The van der Waals surface area contributed by atoms with Gasteiger partial charge in [0.1, 0.15) is 0 Å². The minimum Gasteiger partial charge on any atom is -0.390 e. The topological polar surface area (TPSA) is 26.7 Å². The first-order valence-electron chi connectivity index (χ1n) is 7.44. The fourth-order valence-corrected chi connectivity index (χ4v) is 3.80. The van der Waals surface area contributed by atoms with E-state index in [1.165, 1.54) is 50.4 Å². The summed E-state index contributed by atoms with van der Waals surface area (Å²) in [6.45, 7) is 8.74. The molecule has 2 rings (SSSR count). The Morgan fingerprint density at radius 2 is 1.72 bits per heavy atom. The van der Waals surface area contributed by atoms with E-state index in [4.69, 9.17) is 0 Å². The molecule has 2 aliphatic heterocycles. The largest absolute Gasteiger partial charge is 0.390 e. The van der Waals surface area contributed by atoms with Crippen LogP contribution in [0.4, 0.5) is 0 Å². The molecular formula is C14H28N2OS. The van der Waals surface area contributed by atoms with E-state index >= 15 is 0 Å². The summed E-state index contributed by atoms with van der Waals surface area (Å²) < 4.78 is 0. The van der Waals surface area contributed by atoms with Gasteiger partial charge in [-0.25, -0.2) is 0 Å². The van der Waals surface area contributed by atoms with Gasteiger partial charge in [-0.15, -0.1) is 0 Å². The number of hydrogen-bond donors (Lipinski definition) is 1. The molecule has 2 heterocycles. The zero-order chi connectivity index (χ0) is 12.8. The lowest BCUT2D eigenvalue weighted by molar-refractivity contribution is 0.0633. The summed E-state index contributed by atoms with van der Waals surface area (Å²) in [6, 6.07) is 0. The highest BCUT2D eigenvalue weighted by molar-refractivity contribution is 7.99. The average molecular weight is 272 g/mol. The third kappa shape index (κ3) is 5.08. The SMILES string of the molecule is CC1CCN(CC(O)CN2CCCSCC2)CC1. The molecule has 0 aromatic heterocycles. The van der Waals surface area contributed by atoms with Crippen molar-refractivity contribution in [3.63, 3.8) is 0 Å². The Balaban J connectivity index is 1.66. The number of likely N-dealkylation sites (tertiary alicyclic amines) is 1. The monoisotopic (exact) mass is 272 g/mol. The second-order valence-electron chi connectivity index (χ2n) is 5.90. The average Bonchev–Trinajstić information content (AvgIpc) is 2.61. The fraction of sp³-hybridized carbons (Fsp3) is 1.00. The van der Waals surface area contributed by atoms with E-state index in [1.807, 2.05) is 11.8 Å². The quantitative estimate of drug-likeness (QED) is 0.839. The summed E-state index contributed by atoms with van der Waals surface area (Å²) in [7, 11) is 0. The predicted molar refractivity (Wildman–Crippen MR) is 79.2 cm³/mol. The van der Waals surface area contributed by atoms with Crippen molar-refractivity contribution in [3.05, 3.63) is 0 Å². The molecule has 3 nitrogen and oxygen atoms in total. The van der Waals surface area contributed by atoms with Crippen molar-refractivity contribution in [3.8, 4) is 0 Å². The van der Waals surface area contributed by atoms with Gasteiger partial charge < -0.3 is 10.0 Å². The van der Waals surface area contributed by atoms with Crippen LogP contribution in [0.1, 0.15) is 26.2 Å². The Bertz CT molecular complexity index is 224. The van der Waals surface area contributed by atoms with E-state index in [9.17, 15) is 5.11 Å². The Kier molecular flexibility index (Phi) is 6.29. The number of piperidine rings is 1. The van der Waals surface area contributed by atoms with Crippen molar-refractivity contribution in [2.24, 2.45) is 5.92 Å². The van der Waals surface area contributed by atoms with Gasteiger partial charge in [-0.2, -0.15) is 11.8 Å². The summed E-state index contributed by atoms with van der Waals surface area (Å²) in [5.74, 6) is 3.39. The molecule has 2 saturated heterocycles. The van der Waals surface area contributed by atoms with Crippen LogP contribution < -0.4 is 0 Å². The molecule has 4 heteroatoms. The zero-order valence-electron chi connectivity index (χ0n) is 11.7. The minimum absolute atomic E-state index is 0.165. The van der Waals surface area contributed by atoms with Crippen LogP contribution in [0.15, 0.2) is 0 Å². The number of nitrogens with zero attached hydrogens (tertiary/aromatic N) is 2. The van der Waals surface area contributed by atoms with Crippen LogP contribution in [0.25, 0.3) is 0 Å². The Hall–Kier alpha value is 0.230. The maximum absolute atomic E-state index is 10.2. The molecule has 1 N–H and O–H groups in total. The molecule has 0 bridgehead atoms. The number of thioether (sulfide) groups is 1. The molecule has 0 amide bonds. The molecule has 0 saturated carbocycles. The maximum atomic E-state index is 10.2. The molecule has 0 spiro atoms. The van der Waals surface area contributed by atoms with Crippen LogP contribution in [0, 0.1) is 5.92 Å². The van der Waals surface area contributed by atoms with Crippen molar-refractivity contribution in [2.75, 3.05) is 50.8 Å². The van der Waals surface area contributed by atoms with E-state index in [1.54, 1.807) is 0 Å². The van der Waals surface area contributed by atoms with Gasteiger partial charge in [-0.1, -0.05) is 6.92 Å². The normalized spacial score (nSPS) is 27.0. The van der Waals surface area contributed by atoms with Crippen LogP contribution in [0.5, 0.6) is 0 Å². The van der Waals surface area contributed by atoms with E-state index < -0.39 is 0 Å². The van der Waals surface area contributed by atoms with Crippen molar-refractivity contribution >= 4 is 11.8 Å². The summed E-state index contributed by atoms with van der Waals surface area (Å²) >= 11 is 2.05. The molecule has 0 aromatic carbocycles. The van der Waals surface area contributed by atoms with Crippen LogP contribution in [0.3, 0.4) is 0 Å². The fourth-order valence-electron chi connectivity index (χ4n) is 2.88. The number of hydrogen-bond acceptors (Lipinski definition) is 4. The maximum Gasteiger partial charge on any atom is 0.0793 e. The predicted octanol–water partition coefficient (Wildman–Crippen LogP) is 1.52. The van der Waals surface area contributed by atoms with Crippen LogP contribution in [-0.4, -0.2) is 71.8 Å². The van der Waals surface area contributed by atoms with Gasteiger partial charge >= 0.3 is 0 Å².